The molecule has 2 aromatic heterocycles. The van der Waals surface area contributed by atoms with Gasteiger partial charge in [-0.2, -0.15) is 0 Å². The molecule has 7 heteroatoms. The van der Waals surface area contributed by atoms with Crippen molar-refractivity contribution >= 4 is 5.96 Å². The fraction of sp³-hybridized carbons (Fsp3) is 0.348. The molecule has 3 rings (SSSR count). The lowest BCUT2D eigenvalue weighted by atomic mass is 10.1. The summed E-state index contributed by atoms with van der Waals surface area (Å²) in [5, 5.41) is 6.75. The smallest absolute Gasteiger partial charge is 0.191 e. The van der Waals surface area contributed by atoms with Gasteiger partial charge in [0.1, 0.15) is 12.1 Å². The fourth-order valence-corrected chi connectivity index (χ4v) is 3.12. The molecule has 0 saturated heterocycles. The first-order valence-corrected chi connectivity index (χ1v) is 10.3. The van der Waals surface area contributed by atoms with Gasteiger partial charge in [0.2, 0.25) is 0 Å². The predicted octanol–water partition coefficient (Wildman–Crippen LogP) is 2.84. The molecule has 3 aromatic rings. The Morgan fingerprint density at radius 3 is 2.63 bits per heavy atom. The van der Waals surface area contributed by atoms with Crippen molar-refractivity contribution in [3.63, 3.8) is 0 Å². The van der Waals surface area contributed by atoms with Gasteiger partial charge in [0, 0.05) is 51.3 Å². The van der Waals surface area contributed by atoms with Gasteiger partial charge in [0.15, 0.2) is 5.96 Å². The number of hydrogen-bond acceptors (Lipinski definition) is 4. The SMILES string of the molecule is CN=C(NCCC(C)N(C)Cc1ccccc1)NCc1ccc(-n2ccnc2)nc1. The zero-order valence-electron chi connectivity index (χ0n) is 18.0. The number of pyridine rings is 1. The van der Waals surface area contributed by atoms with Crippen LogP contribution in [0.5, 0.6) is 0 Å². The first-order valence-electron chi connectivity index (χ1n) is 10.3. The maximum absolute atomic E-state index is 4.48. The van der Waals surface area contributed by atoms with Crippen molar-refractivity contribution in [2.75, 3.05) is 20.6 Å². The van der Waals surface area contributed by atoms with E-state index in [4.69, 9.17) is 0 Å². The average molecular weight is 406 g/mol. The molecule has 0 bridgehead atoms. The molecule has 0 spiro atoms. The van der Waals surface area contributed by atoms with Crippen LogP contribution in [-0.2, 0) is 13.1 Å². The van der Waals surface area contributed by atoms with Crippen molar-refractivity contribution in [3.05, 3.63) is 78.5 Å². The number of hydrogen-bond donors (Lipinski definition) is 2. The van der Waals surface area contributed by atoms with E-state index in [1.54, 1.807) is 19.6 Å². The second kappa shape index (κ2) is 11.1. The third-order valence-corrected chi connectivity index (χ3v) is 5.14. The molecule has 1 aromatic carbocycles. The van der Waals surface area contributed by atoms with Crippen molar-refractivity contribution in [3.8, 4) is 5.82 Å². The van der Waals surface area contributed by atoms with Crippen molar-refractivity contribution in [1.29, 1.82) is 0 Å². The summed E-state index contributed by atoms with van der Waals surface area (Å²) in [6.45, 7) is 4.74. The molecule has 0 aliphatic carbocycles. The van der Waals surface area contributed by atoms with Gasteiger partial charge in [-0.1, -0.05) is 36.4 Å². The van der Waals surface area contributed by atoms with E-state index < -0.39 is 0 Å². The Morgan fingerprint density at radius 2 is 1.97 bits per heavy atom. The molecule has 2 N–H and O–H groups in total. The first kappa shape index (κ1) is 21.5. The van der Waals surface area contributed by atoms with Gasteiger partial charge in [-0.15, -0.1) is 0 Å². The molecule has 0 radical (unpaired) electrons. The van der Waals surface area contributed by atoms with Crippen LogP contribution < -0.4 is 10.6 Å². The van der Waals surface area contributed by atoms with Crippen molar-refractivity contribution in [2.45, 2.75) is 32.5 Å². The minimum Gasteiger partial charge on any atom is -0.356 e. The Hall–Kier alpha value is -3.19. The Morgan fingerprint density at radius 1 is 1.13 bits per heavy atom. The van der Waals surface area contributed by atoms with Crippen molar-refractivity contribution < 1.29 is 0 Å². The summed E-state index contributed by atoms with van der Waals surface area (Å²) in [4.78, 5) is 15.2. The van der Waals surface area contributed by atoms with E-state index in [-0.39, 0.29) is 0 Å². The summed E-state index contributed by atoms with van der Waals surface area (Å²) >= 11 is 0. The van der Waals surface area contributed by atoms with E-state index >= 15 is 0 Å². The maximum atomic E-state index is 4.48. The Kier molecular flexibility index (Phi) is 7.97. The molecule has 7 nitrogen and oxygen atoms in total. The minimum absolute atomic E-state index is 0.468. The van der Waals surface area contributed by atoms with E-state index in [9.17, 15) is 0 Å². The summed E-state index contributed by atoms with van der Waals surface area (Å²) in [6.07, 6.45) is 8.27. The van der Waals surface area contributed by atoms with Crippen LogP contribution in [-0.4, -0.2) is 52.1 Å². The van der Waals surface area contributed by atoms with Crippen LogP contribution in [0.3, 0.4) is 0 Å². The average Bonchev–Trinajstić information content (AvgIpc) is 3.32. The van der Waals surface area contributed by atoms with Crippen LogP contribution >= 0.6 is 0 Å². The highest BCUT2D eigenvalue weighted by Crippen LogP contribution is 2.08. The highest BCUT2D eigenvalue weighted by Gasteiger charge is 2.10. The second-order valence-corrected chi connectivity index (χ2v) is 7.39. The van der Waals surface area contributed by atoms with Gasteiger partial charge >= 0.3 is 0 Å². The molecular weight excluding hydrogens is 374 g/mol. The van der Waals surface area contributed by atoms with Gasteiger partial charge in [0.05, 0.1) is 0 Å². The van der Waals surface area contributed by atoms with Crippen LogP contribution in [0.15, 0.2) is 72.4 Å². The van der Waals surface area contributed by atoms with E-state index in [1.165, 1.54) is 5.56 Å². The number of rotatable bonds is 9. The third-order valence-electron chi connectivity index (χ3n) is 5.14. The molecular formula is C23H31N7. The molecule has 0 saturated carbocycles. The summed E-state index contributed by atoms with van der Waals surface area (Å²) in [6, 6.07) is 15.1. The lowest BCUT2D eigenvalue weighted by Crippen LogP contribution is -2.39. The monoisotopic (exact) mass is 405 g/mol. The standard InChI is InChI=1S/C23H31N7/c1-19(29(3)17-20-7-5-4-6-8-20)11-12-26-23(24-2)28-16-21-9-10-22(27-15-21)30-14-13-25-18-30/h4-10,13-15,18-19H,11-12,16-17H2,1-3H3,(H2,24,26,28). The fourth-order valence-electron chi connectivity index (χ4n) is 3.12. The molecule has 0 aliphatic rings. The van der Waals surface area contributed by atoms with Crippen LogP contribution in [0.4, 0.5) is 0 Å². The molecule has 1 atom stereocenters. The molecule has 30 heavy (non-hydrogen) atoms. The lowest BCUT2D eigenvalue weighted by molar-refractivity contribution is 0.238. The van der Waals surface area contributed by atoms with Crippen LogP contribution in [0, 0.1) is 0 Å². The number of nitrogens with zero attached hydrogens (tertiary/aromatic N) is 5. The van der Waals surface area contributed by atoms with E-state index in [0.29, 0.717) is 12.6 Å². The largest absolute Gasteiger partial charge is 0.356 e. The summed E-state index contributed by atoms with van der Waals surface area (Å²) in [5.74, 6) is 1.65. The number of imidazole rings is 1. The van der Waals surface area contributed by atoms with Crippen molar-refractivity contribution in [2.24, 2.45) is 4.99 Å². The van der Waals surface area contributed by atoms with E-state index in [1.807, 2.05) is 23.0 Å². The number of nitrogens with one attached hydrogen (secondary N) is 2. The van der Waals surface area contributed by atoms with Gasteiger partial charge in [-0.05, 0) is 37.6 Å². The van der Waals surface area contributed by atoms with E-state index in [0.717, 1.165) is 36.9 Å². The summed E-state index contributed by atoms with van der Waals surface area (Å²) in [7, 11) is 3.96. The topological polar surface area (TPSA) is 70.4 Å². The van der Waals surface area contributed by atoms with Gasteiger partial charge < -0.3 is 10.6 Å². The van der Waals surface area contributed by atoms with Crippen LogP contribution in [0.1, 0.15) is 24.5 Å². The lowest BCUT2D eigenvalue weighted by Gasteiger charge is -2.25. The number of aliphatic imine (C=N–C) groups is 1. The number of aromatic nitrogens is 3. The zero-order chi connectivity index (χ0) is 21.2. The first-order chi connectivity index (χ1) is 14.7. The van der Waals surface area contributed by atoms with Gasteiger partial charge in [-0.3, -0.25) is 14.5 Å². The van der Waals surface area contributed by atoms with Gasteiger partial charge in [-0.25, -0.2) is 9.97 Å². The molecule has 1 unspecified atom stereocenters. The molecule has 2 heterocycles. The Bertz CT molecular complexity index is 889. The molecule has 0 amide bonds. The quantitative estimate of drug-likeness (QED) is 0.423. The highest BCUT2D eigenvalue weighted by atomic mass is 15.2. The third kappa shape index (κ3) is 6.42. The Balaban J connectivity index is 1.39. The van der Waals surface area contributed by atoms with E-state index in [2.05, 4.69) is 80.9 Å². The normalized spacial score (nSPS) is 12.7. The van der Waals surface area contributed by atoms with Crippen LogP contribution in [0.2, 0.25) is 0 Å². The number of guanidine groups is 1. The maximum Gasteiger partial charge on any atom is 0.191 e. The summed E-state index contributed by atoms with van der Waals surface area (Å²) in [5.41, 5.74) is 2.43. The number of benzene rings is 1. The Labute approximate surface area is 178 Å². The van der Waals surface area contributed by atoms with Crippen molar-refractivity contribution in [1.82, 2.24) is 30.1 Å². The van der Waals surface area contributed by atoms with Gasteiger partial charge in [0.25, 0.3) is 0 Å². The minimum atomic E-state index is 0.468. The molecule has 0 aliphatic heterocycles. The zero-order valence-corrected chi connectivity index (χ0v) is 18.0. The second-order valence-electron chi connectivity index (χ2n) is 7.39. The highest BCUT2D eigenvalue weighted by molar-refractivity contribution is 5.79. The molecule has 0 fully saturated rings. The molecule has 158 valence electrons. The summed E-state index contributed by atoms with van der Waals surface area (Å²) < 4.78 is 1.88. The predicted molar refractivity (Wildman–Crippen MR) is 122 cm³/mol. The van der Waals surface area contributed by atoms with Crippen LogP contribution in [0.25, 0.3) is 5.82 Å².